The Balaban J connectivity index is 1.47. The summed E-state index contributed by atoms with van der Waals surface area (Å²) in [5.41, 5.74) is 1.54. The van der Waals surface area contributed by atoms with Crippen LogP contribution in [0.4, 0.5) is 4.79 Å². The van der Waals surface area contributed by atoms with Gasteiger partial charge in [0.2, 0.25) is 5.43 Å². The Labute approximate surface area is 215 Å². The van der Waals surface area contributed by atoms with Gasteiger partial charge in [0.1, 0.15) is 19.0 Å². The van der Waals surface area contributed by atoms with Crippen molar-refractivity contribution in [1.82, 2.24) is 5.32 Å². The lowest BCUT2D eigenvalue weighted by atomic mass is 9.94. The van der Waals surface area contributed by atoms with Gasteiger partial charge < -0.3 is 19.5 Å². The maximum Gasteiger partial charge on any atom is 0.407 e. The normalized spacial score (nSPS) is 11.8. The molecule has 37 heavy (non-hydrogen) atoms. The Hall–Kier alpha value is -4.39. The number of ether oxygens (including phenoxy) is 3. The molecule has 0 aliphatic carbocycles. The first-order valence-electron chi connectivity index (χ1n) is 12.1. The van der Waals surface area contributed by atoms with Crippen LogP contribution in [0.15, 0.2) is 94.5 Å². The van der Waals surface area contributed by atoms with Crippen molar-refractivity contribution in [3.05, 3.63) is 128 Å². The second-order valence-corrected chi connectivity index (χ2v) is 8.95. The minimum Gasteiger partial charge on any atom is -0.489 e. The Bertz CT molecular complexity index is 1370. The number of carbonyl (C=O) groups excluding carboxylic acids is 1. The topological polar surface area (TPSA) is 90.9 Å². The van der Waals surface area contributed by atoms with Crippen LogP contribution in [-0.4, -0.2) is 12.2 Å². The molecule has 0 spiro atoms. The van der Waals surface area contributed by atoms with Gasteiger partial charge in [-0.1, -0.05) is 72.8 Å². The molecule has 0 fully saturated rings. The quantitative estimate of drug-likeness (QED) is 0.297. The van der Waals surface area contributed by atoms with Crippen LogP contribution in [0.2, 0.25) is 0 Å². The fourth-order valence-electron chi connectivity index (χ4n) is 3.89. The average molecular weight is 500 g/mol. The summed E-state index contributed by atoms with van der Waals surface area (Å²) in [7, 11) is 0. The van der Waals surface area contributed by atoms with Crippen LogP contribution in [0, 0.1) is 0 Å². The van der Waals surface area contributed by atoms with Crippen molar-refractivity contribution in [2.45, 2.75) is 45.6 Å². The van der Waals surface area contributed by atoms with Gasteiger partial charge in [0.25, 0.3) is 5.43 Å². The molecule has 1 unspecified atom stereocenters. The van der Waals surface area contributed by atoms with Gasteiger partial charge >= 0.3 is 6.09 Å². The fraction of sp³-hybridized carbons (Fsp3) is 0.233. The number of carbonyl (C=O) groups is 1. The highest BCUT2D eigenvalue weighted by Gasteiger charge is 2.31. The van der Waals surface area contributed by atoms with Crippen LogP contribution in [0.25, 0.3) is 0 Å². The summed E-state index contributed by atoms with van der Waals surface area (Å²) in [6.07, 6.45) is -0.729. The summed E-state index contributed by atoms with van der Waals surface area (Å²) in [5.74, 6) is 0.688. The molecule has 0 saturated carbocycles. The van der Waals surface area contributed by atoms with Gasteiger partial charge in [-0.05, 0) is 49.1 Å². The number of hydrogen-bond donors (Lipinski definition) is 1. The van der Waals surface area contributed by atoms with Gasteiger partial charge in [-0.2, -0.15) is 0 Å². The van der Waals surface area contributed by atoms with E-state index in [-0.39, 0.29) is 30.4 Å². The summed E-state index contributed by atoms with van der Waals surface area (Å²) in [6.45, 7) is 4.06. The van der Waals surface area contributed by atoms with E-state index >= 15 is 0 Å². The molecule has 0 aliphatic rings. The van der Waals surface area contributed by atoms with Gasteiger partial charge in [-0.15, -0.1) is 0 Å². The largest absolute Gasteiger partial charge is 0.489 e. The molecular weight excluding hydrogens is 470 g/mol. The van der Waals surface area contributed by atoms with Crippen molar-refractivity contribution >= 4 is 6.09 Å². The van der Waals surface area contributed by atoms with E-state index in [1.807, 2.05) is 84.9 Å². The molecule has 1 amide bonds. The molecule has 7 heteroatoms. The summed E-state index contributed by atoms with van der Waals surface area (Å²) >= 11 is 0. The highest BCUT2D eigenvalue weighted by molar-refractivity contribution is 5.68. The molecule has 0 heterocycles. The maximum absolute atomic E-state index is 12.6. The standard InChI is InChI=1S/C30H29NO6/c1-20(2)37-29-26(27(32)28(29)33)25(31-30(34)36-19-23-11-7-4-8-12-23)17-21-13-15-24(16-14-21)35-18-22-9-5-3-6-10-22/h3-16,20,25H,17-19H2,1-2H3,(H,31,34). The third-order valence-electron chi connectivity index (χ3n) is 5.72. The first kappa shape index (κ1) is 25.7. The second kappa shape index (κ2) is 12.0. The molecule has 1 N–H and O–H groups in total. The fourth-order valence-corrected chi connectivity index (χ4v) is 3.89. The average Bonchev–Trinajstić information content (AvgIpc) is 2.92. The number of alkyl carbamates (subject to hydrolysis) is 1. The molecule has 0 radical (unpaired) electrons. The van der Waals surface area contributed by atoms with Gasteiger partial charge in [0.05, 0.1) is 17.7 Å². The van der Waals surface area contributed by atoms with Crippen molar-refractivity contribution in [2.75, 3.05) is 0 Å². The lowest BCUT2D eigenvalue weighted by Gasteiger charge is -2.23. The van der Waals surface area contributed by atoms with Crippen LogP contribution in [-0.2, 0) is 24.4 Å². The summed E-state index contributed by atoms with van der Waals surface area (Å²) in [4.78, 5) is 37.4. The van der Waals surface area contributed by atoms with E-state index < -0.39 is 23.0 Å². The molecule has 0 saturated heterocycles. The zero-order valence-electron chi connectivity index (χ0n) is 20.8. The number of benzene rings is 3. The lowest BCUT2D eigenvalue weighted by molar-refractivity contribution is 0.135. The van der Waals surface area contributed by atoms with Crippen LogP contribution >= 0.6 is 0 Å². The molecule has 7 nitrogen and oxygen atoms in total. The number of nitrogens with one attached hydrogen (secondary N) is 1. The third-order valence-corrected chi connectivity index (χ3v) is 5.72. The molecule has 1 atom stereocenters. The van der Waals surface area contributed by atoms with Crippen LogP contribution in [0.1, 0.15) is 42.1 Å². The predicted octanol–water partition coefficient (Wildman–Crippen LogP) is 4.86. The third kappa shape index (κ3) is 6.85. The molecule has 0 aromatic heterocycles. The van der Waals surface area contributed by atoms with Crippen molar-refractivity contribution in [3.8, 4) is 11.5 Å². The molecule has 4 rings (SSSR count). The van der Waals surface area contributed by atoms with E-state index in [2.05, 4.69) is 5.32 Å². The highest BCUT2D eigenvalue weighted by Crippen LogP contribution is 2.26. The SMILES string of the molecule is CC(C)Oc1c(C(Cc2ccc(OCc3ccccc3)cc2)NC(=O)OCc2ccccc2)c(=O)c1=O. The van der Waals surface area contributed by atoms with E-state index in [4.69, 9.17) is 14.2 Å². The molecule has 4 aromatic rings. The molecule has 0 aliphatic heterocycles. The van der Waals surface area contributed by atoms with Gasteiger partial charge in [0.15, 0.2) is 5.75 Å². The highest BCUT2D eigenvalue weighted by atomic mass is 16.5. The van der Waals surface area contributed by atoms with Crippen LogP contribution in [0.5, 0.6) is 11.5 Å². The van der Waals surface area contributed by atoms with Gasteiger partial charge in [0, 0.05) is 0 Å². The zero-order valence-corrected chi connectivity index (χ0v) is 20.8. The molecule has 4 aromatic carbocycles. The smallest absolute Gasteiger partial charge is 0.407 e. The summed E-state index contributed by atoms with van der Waals surface area (Å²) in [6, 6.07) is 25.7. The van der Waals surface area contributed by atoms with Crippen molar-refractivity contribution in [3.63, 3.8) is 0 Å². The minimum atomic E-state index is -0.793. The number of amides is 1. The van der Waals surface area contributed by atoms with Crippen molar-refractivity contribution in [2.24, 2.45) is 0 Å². The van der Waals surface area contributed by atoms with Crippen LogP contribution in [0.3, 0.4) is 0 Å². The Kier molecular flexibility index (Phi) is 8.36. The number of hydrogen-bond acceptors (Lipinski definition) is 6. The Morgan fingerprint density at radius 3 is 1.95 bits per heavy atom. The van der Waals surface area contributed by atoms with E-state index in [0.29, 0.717) is 12.4 Å². The van der Waals surface area contributed by atoms with Crippen LogP contribution < -0.4 is 25.6 Å². The summed E-state index contributed by atoms with van der Waals surface area (Å²) < 4.78 is 16.8. The van der Waals surface area contributed by atoms with Crippen molar-refractivity contribution in [1.29, 1.82) is 0 Å². The second-order valence-electron chi connectivity index (χ2n) is 8.95. The summed E-state index contributed by atoms with van der Waals surface area (Å²) in [5, 5.41) is 2.75. The van der Waals surface area contributed by atoms with Crippen molar-refractivity contribution < 1.29 is 19.0 Å². The van der Waals surface area contributed by atoms with E-state index in [9.17, 15) is 14.4 Å². The molecule has 0 bridgehead atoms. The first-order chi connectivity index (χ1) is 17.9. The Morgan fingerprint density at radius 1 is 0.757 bits per heavy atom. The van der Waals surface area contributed by atoms with E-state index in [1.165, 1.54) is 0 Å². The maximum atomic E-state index is 12.6. The zero-order chi connectivity index (χ0) is 26.2. The molecule has 190 valence electrons. The lowest BCUT2D eigenvalue weighted by Crippen LogP contribution is -2.44. The van der Waals surface area contributed by atoms with Gasteiger partial charge in [-0.25, -0.2) is 4.79 Å². The van der Waals surface area contributed by atoms with Gasteiger partial charge in [-0.3, -0.25) is 9.59 Å². The molecular formula is C30H29NO6. The monoisotopic (exact) mass is 499 g/mol. The number of rotatable bonds is 11. The van der Waals surface area contributed by atoms with E-state index in [1.54, 1.807) is 13.8 Å². The predicted molar refractivity (Wildman–Crippen MR) is 141 cm³/mol. The van der Waals surface area contributed by atoms with E-state index in [0.717, 1.165) is 16.7 Å². The first-order valence-corrected chi connectivity index (χ1v) is 12.1. The minimum absolute atomic E-state index is 0.00354. The Morgan fingerprint density at radius 2 is 1.35 bits per heavy atom.